The van der Waals surface area contributed by atoms with Crippen molar-refractivity contribution >= 4 is 32.9 Å². The van der Waals surface area contributed by atoms with E-state index in [9.17, 15) is 8.42 Å². The quantitative estimate of drug-likeness (QED) is 0.892. The van der Waals surface area contributed by atoms with Gasteiger partial charge in [-0.2, -0.15) is 11.8 Å². The monoisotopic (exact) mass is 320 g/mol. The van der Waals surface area contributed by atoms with E-state index in [-0.39, 0.29) is 17.2 Å². The van der Waals surface area contributed by atoms with Crippen LogP contribution in [0.15, 0.2) is 17.5 Å². The summed E-state index contributed by atoms with van der Waals surface area (Å²) in [5.74, 6) is 1.84. The molecule has 0 aromatic carbocycles. The first-order valence-corrected chi connectivity index (χ1v) is 10.1. The van der Waals surface area contributed by atoms with Crippen LogP contribution in [0.5, 0.6) is 0 Å². The summed E-state index contributed by atoms with van der Waals surface area (Å²) in [5.41, 5.74) is 6.18. The Balaban J connectivity index is 2.08. The maximum Gasteiger partial charge on any atom is 0.166 e. The van der Waals surface area contributed by atoms with E-state index < -0.39 is 9.84 Å². The molecular weight excluding hydrogens is 300 g/mol. The number of nitrogens with zero attached hydrogens (tertiary/aromatic N) is 1. The van der Waals surface area contributed by atoms with Crippen molar-refractivity contribution in [1.82, 2.24) is 4.90 Å². The van der Waals surface area contributed by atoms with Crippen molar-refractivity contribution in [2.45, 2.75) is 18.3 Å². The second kappa shape index (κ2) is 6.58. The fourth-order valence-corrected chi connectivity index (χ4v) is 6.00. The van der Waals surface area contributed by atoms with Crippen molar-refractivity contribution in [3.05, 3.63) is 22.4 Å². The Bertz CT molecular complexity index is 487. The largest absolute Gasteiger partial charge is 0.322 e. The molecular formula is C12H20N2O2S3. The molecule has 4 nitrogen and oxygen atoms in total. The van der Waals surface area contributed by atoms with Crippen LogP contribution in [0.1, 0.15) is 17.8 Å². The van der Waals surface area contributed by atoms with Gasteiger partial charge in [-0.1, -0.05) is 13.0 Å². The Morgan fingerprint density at radius 1 is 1.58 bits per heavy atom. The molecule has 0 aliphatic carbocycles. The maximum atomic E-state index is 12.1. The molecule has 19 heavy (non-hydrogen) atoms. The number of nitrogens with two attached hydrogens (primary N) is 1. The summed E-state index contributed by atoms with van der Waals surface area (Å²) in [6.45, 7) is 3.13. The number of thiophene rings is 1. The van der Waals surface area contributed by atoms with Crippen molar-refractivity contribution in [1.29, 1.82) is 0 Å². The fraction of sp³-hybridized carbons (Fsp3) is 0.667. The van der Waals surface area contributed by atoms with Crippen LogP contribution in [-0.4, -0.2) is 49.0 Å². The summed E-state index contributed by atoms with van der Waals surface area (Å²) < 4.78 is 24.3. The molecule has 0 amide bonds. The summed E-state index contributed by atoms with van der Waals surface area (Å²) in [7, 11) is -3.03. The van der Waals surface area contributed by atoms with E-state index >= 15 is 0 Å². The molecule has 1 fully saturated rings. The van der Waals surface area contributed by atoms with E-state index in [2.05, 4.69) is 0 Å². The molecule has 0 spiro atoms. The van der Waals surface area contributed by atoms with Crippen LogP contribution >= 0.6 is 23.1 Å². The van der Waals surface area contributed by atoms with Crippen molar-refractivity contribution in [2.75, 3.05) is 30.3 Å². The smallest absolute Gasteiger partial charge is 0.166 e. The lowest BCUT2D eigenvalue weighted by atomic mass is 10.2. The van der Waals surface area contributed by atoms with Gasteiger partial charge in [0.05, 0.1) is 6.04 Å². The van der Waals surface area contributed by atoms with Gasteiger partial charge in [0.1, 0.15) is 5.37 Å². The van der Waals surface area contributed by atoms with Gasteiger partial charge in [0.2, 0.25) is 0 Å². The molecule has 2 rings (SSSR count). The predicted molar refractivity (Wildman–Crippen MR) is 83.4 cm³/mol. The molecule has 2 unspecified atom stereocenters. The van der Waals surface area contributed by atoms with Gasteiger partial charge in [-0.15, -0.1) is 11.3 Å². The van der Waals surface area contributed by atoms with Gasteiger partial charge in [0.25, 0.3) is 0 Å². The van der Waals surface area contributed by atoms with E-state index in [1.54, 1.807) is 30.0 Å². The van der Waals surface area contributed by atoms with E-state index in [0.717, 1.165) is 17.2 Å². The van der Waals surface area contributed by atoms with Gasteiger partial charge < -0.3 is 5.73 Å². The molecule has 0 radical (unpaired) electrons. The van der Waals surface area contributed by atoms with E-state index in [4.69, 9.17) is 5.73 Å². The molecule has 1 aromatic heterocycles. The second-order valence-electron chi connectivity index (χ2n) is 4.60. The normalized spacial score (nSPS) is 23.4. The van der Waals surface area contributed by atoms with Crippen LogP contribution in [0.4, 0.5) is 0 Å². The molecule has 1 saturated heterocycles. The number of hydrogen-bond acceptors (Lipinski definition) is 6. The predicted octanol–water partition coefficient (Wildman–Crippen LogP) is 1.56. The van der Waals surface area contributed by atoms with Crippen LogP contribution in [0.25, 0.3) is 0 Å². The van der Waals surface area contributed by atoms with Gasteiger partial charge in [-0.25, -0.2) is 8.42 Å². The molecule has 1 aromatic rings. The first-order valence-electron chi connectivity index (χ1n) is 6.37. The highest BCUT2D eigenvalue weighted by Gasteiger charge is 2.33. The topological polar surface area (TPSA) is 63.4 Å². The Hall–Kier alpha value is -0.0800. The number of hydrogen-bond donors (Lipinski definition) is 1. The van der Waals surface area contributed by atoms with Crippen LogP contribution in [0.3, 0.4) is 0 Å². The number of thioether (sulfide) groups is 1. The first kappa shape index (κ1) is 15.3. The Morgan fingerprint density at radius 2 is 2.37 bits per heavy atom. The first-order chi connectivity index (χ1) is 9.04. The Labute approximate surface area is 123 Å². The van der Waals surface area contributed by atoms with Crippen LogP contribution in [-0.2, 0) is 9.84 Å². The molecule has 2 N–H and O–H groups in total. The molecule has 2 atom stereocenters. The molecule has 0 saturated carbocycles. The highest BCUT2D eigenvalue weighted by Crippen LogP contribution is 2.25. The van der Waals surface area contributed by atoms with Crippen LogP contribution in [0.2, 0.25) is 0 Å². The lowest BCUT2D eigenvalue weighted by molar-refractivity contribution is 0.255. The molecule has 0 bridgehead atoms. The lowest BCUT2D eigenvalue weighted by Crippen LogP contribution is -2.49. The zero-order chi connectivity index (χ0) is 13.9. The highest BCUT2D eigenvalue weighted by atomic mass is 32.2. The van der Waals surface area contributed by atoms with Gasteiger partial charge in [-0.3, -0.25) is 4.90 Å². The molecule has 2 heterocycles. The molecule has 1 aliphatic rings. The van der Waals surface area contributed by atoms with Crippen LogP contribution < -0.4 is 5.73 Å². The Morgan fingerprint density at radius 3 is 3.00 bits per heavy atom. The second-order valence-corrected chi connectivity index (χ2v) is 9.17. The average Bonchev–Trinajstić information content (AvgIpc) is 2.93. The molecule has 7 heteroatoms. The van der Waals surface area contributed by atoms with Crippen molar-refractivity contribution in [2.24, 2.45) is 5.73 Å². The summed E-state index contributed by atoms with van der Waals surface area (Å²) in [6.07, 6.45) is 0. The molecule has 108 valence electrons. The highest BCUT2D eigenvalue weighted by molar-refractivity contribution is 8.01. The summed E-state index contributed by atoms with van der Waals surface area (Å²) in [5, 5.41) is 1.63. The zero-order valence-electron chi connectivity index (χ0n) is 11.0. The molecule has 1 aliphatic heterocycles. The Kier molecular flexibility index (Phi) is 5.30. The van der Waals surface area contributed by atoms with E-state index in [0.29, 0.717) is 12.3 Å². The third-order valence-electron chi connectivity index (χ3n) is 3.35. The average molecular weight is 321 g/mol. The minimum Gasteiger partial charge on any atom is -0.322 e. The fourth-order valence-electron chi connectivity index (χ4n) is 2.19. The summed E-state index contributed by atoms with van der Waals surface area (Å²) >= 11 is 3.34. The van der Waals surface area contributed by atoms with E-state index in [1.165, 1.54) is 0 Å². The minimum atomic E-state index is -3.03. The van der Waals surface area contributed by atoms with E-state index in [1.807, 2.05) is 22.4 Å². The van der Waals surface area contributed by atoms with Gasteiger partial charge in [-0.05, 0) is 11.4 Å². The van der Waals surface area contributed by atoms with Crippen LogP contribution in [0, 0.1) is 0 Å². The third kappa shape index (κ3) is 3.72. The maximum absolute atomic E-state index is 12.1. The van der Waals surface area contributed by atoms with Crippen molar-refractivity contribution < 1.29 is 8.42 Å². The van der Waals surface area contributed by atoms with Gasteiger partial charge in [0.15, 0.2) is 9.84 Å². The van der Waals surface area contributed by atoms with Crippen molar-refractivity contribution in [3.63, 3.8) is 0 Å². The minimum absolute atomic E-state index is 0.0994. The van der Waals surface area contributed by atoms with Gasteiger partial charge >= 0.3 is 0 Å². The number of sulfone groups is 1. The lowest BCUT2D eigenvalue weighted by Gasteiger charge is -2.35. The van der Waals surface area contributed by atoms with Gasteiger partial charge in [0, 0.05) is 35.2 Å². The summed E-state index contributed by atoms with van der Waals surface area (Å²) in [4.78, 5) is 3.16. The SMILES string of the molecule is CCS(=O)(=O)C1CSCCN1CC(N)c1cccs1. The standard InChI is InChI=1S/C12H20N2O2S3/c1-2-19(15,16)12-9-17-7-5-14(12)8-10(13)11-4-3-6-18-11/h3-4,6,10,12H,2,5,7-9,13H2,1H3. The zero-order valence-corrected chi connectivity index (χ0v) is 13.4. The summed E-state index contributed by atoms with van der Waals surface area (Å²) in [6, 6.07) is 3.89. The van der Waals surface area contributed by atoms with Crippen molar-refractivity contribution in [3.8, 4) is 0 Å². The third-order valence-corrected chi connectivity index (χ3v) is 7.68. The number of rotatable bonds is 5.